The summed E-state index contributed by atoms with van der Waals surface area (Å²) in [6.07, 6.45) is 13.0. The van der Waals surface area contributed by atoms with Gasteiger partial charge in [0.1, 0.15) is 0 Å². The Labute approximate surface area is 79.5 Å². The molecule has 0 saturated heterocycles. The summed E-state index contributed by atoms with van der Waals surface area (Å²) in [5.41, 5.74) is 2.92. The number of fused-ring (bicyclic) bond motifs is 1. The van der Waals surface area contributed by atoms with Crippen LogP contribution in [-0.4, -0.2) is 6.54 Å². The Hall–Kier alpha value is -1.24. The van der Waals surface area contributed by atoms with E-state index in [2.05, 4.69) is 49.5 Å². The lowest BCUT2D eigenvalue weighted by molar-refractivity contribution is 0.620. The van der Waals surface area contributed by atoms with Crippen molar-refractivity contribution in [1.82, 2.24) is 5.32 Å². The van der Waals surface area contributed by atoms with Gasteiger partial charge in [-0.25, -0.2) is 0 Å². The molecule has 1 N–H and O–H groups in total. The van der Waals surface area contributed by atoms with Crippen LogP contribution in [-0.2, 0) is 0 Å². The zero-order valence-corrected chi connectivity index (χ0v) is 8.17. The average molecular weight is 173 g/mol. The first kappa shape index (κ1) is 8.36. The van der Waals surface area contributed by atoms with Gasteiger partial charge in [0.05, 0.1) is 0 Å². The minimum Gasteiger partial charge on any atom is -0.387 e. The van der Waals surface area contributed by atoms with Gasteiger partial charge in [0.2, 0.25) is 0 Å². The van der Waals surface area contributed by atoms with Crippen LogP contribution in [0.25, 0.3) is 0 Å². The van der Waals surface area contributed by atoms with Crippen LogP contribution in [0.4, 0.5) is 0 Å². The maximum atomic E-state index is 3.23. The Morgan fingerprint density at radius 3 is 3.08 bits per heavy atom. The first-order valence-corrected chi connectivity index (χ1v) is 4.69. The van der Waals surface area contributed by atoms with Crippen molar-refractivity contribution in [1.29, 1.82) is 0 Å². The molecule has 2 rings (SSSR count). The Balaban J connectivity index is 2.43. The monoisotopic (exact) mass is 173 g/mol. The molecule has 1 heterocycles. The highest BCUT2D eigenvalue weighted by atomic mass is 14.8. The summed E-state index contributed by atoms with van der Waals surface area (Å²) in [7, 11) is 0. The molecule has 2 aliphatic rings. The molecule has 0 amide bonds. The van der Waals surface area contributed by atoms with Gasteiger partial charge in [-0.2, -0.15) is 0 Å². The highest BCUT2D eigenvalue weighted by molar-refractivity contribution is 5.48. The summed E-state index contributed by atoms with van der Waals surface area (Å²) in [5.74, 6) is 0. The van der Waals surface area contributed by atoms with Crippen molar-refractivity contribution in [3.63, 3.8) is 0 Å². The van der Waals surface area contributed by atoms with Gasteiger partial charge < -0.3 is 5.32 Å². The fourth-order valence-electron chi connectivity index (χ4n) is 1.72. The van der Waals surface area contributed by atoms with E-state index in [0.717, 1.165) is 6.54 Å². The molecule has 0 aromatic carbocycles. The molecule has 0 fully saturated rings. The summed E-state index contributed by atoms with van der Waals surface area (Å²) >= 11 is 0. The average Bonchev–Trinajstić information content (AvgIpc) is 2.21. The Bertz CT molecular complexity index is 327. The molecular weight excluding hydrogens is 158 g/mol. The molecule has 68 valence electrons. The summed E-state index contributed by atoms with van der Waals surface area (Å²) in [6.45, 7) is 5.41. The third-order valence-electron chi connectivity index (χ3n) is 2.39. The smallest absolute Gasteiger partial charge is 0.0398 e. The van der Waals surface area contributed by atoms with Crippen LogP contribution in [0.2, 0.25) is 0 Å². The number of hydrogen-bond donors (Lipinski definition) is 1. The largest absolute Gasteiger partial charge is 0.387 e. The van der Waals surface area contributed by atoms with Crippen LogP contribution >= 0.6 is 0 Å². The maximum absolute atomic E-state index is 3.23. The third kappa shape index (κ3) is 1.74. The van der Waals surface area contributed by atoms with Gasteiger partial charge in [-0.3, -0.25) is 0 Å². The predicted molar refractivity (Wildman–Crippen MR) is 56.2 cm³/mol. The topological polar surface area (TPSA) is 12.0 Å². The van der Waals surface area contributed by atoms with E-state index in [-0.39, 0.29) is 5.41 Å². The van der Waals surface area contributed by atoms with Crippen molar-refractivity contribution in [3.8, 4) is 0 Å². The molecule has 0 saturated carbocycles. The first-order valence-electron chi connectivity index (χ1n) is 4.69. The van der Waals surface area contributed by atoms with Crippen molar-refractivity contribution >= 4 is 0 Å². The maximum Gasteiger partial charge on any atom is 0.0398 e. The Kier molecular flexibility index (Phi) is 1.87. The molecule has 0 bridgehead atoms. The fourth-order valence-corrected chi connectivity index (χ4v) is 1.72. The van der Waals surface area contributed by atoms with Gasteiger partial charge in [0.15, 0.2) is 0 Å². The zero-order valence-electron chi connectivity index (χ0n) is 8.17. The van der Waals surface area contributed by atoms with E-state index in [1.807, 2.05) is 6.20 Å². The van der Waals surface area contributed by atoms with Crippen molar-refractivity contribution in [2.24, 2.45) is 5.41 Å². The van der Waals surface area contributed by atoms with Crippen molar-refractivity contribution < 1.29 is 0 Å². The molecule has 0 atom stereocenters. The van der Waals surface area contributed by atoms with E-state index in [0.29, 0.717) is 0 Å². The summed E-state index contributed by atoms with van der Waals surface area (Å²) in [5, 5.41) is 3.23. The van der Waals surface area contributed by atoms with Gasteiger partial charge in [-0.1, -0.05) is 38.2 Å². The summed E-state index contributed by atoms with van der Waals surface area (Å²) in [6, 6.07) is 0. The number of rotatable bonds is 0. The third-order valence-corrected chi connectivity index (χ3v) is 2.39. The quantitative estimate of drug-likeness (QED) is 0.593. The minimum absolute atomic E-state index is 0.181. The van der Waals surface area contributed by atoms with Crippen LogP contribution in [0.3, 0.4) is 0 Å². The van der Waals surface area contributed by atoms with E-state index in [4.69, 9.17) is 0 Å². The van der Waals surface area contributed by atoms with Crippen molar-refractivity contribution in [2.75, 3.05) is 6.54 Å². The second-order valence-corrected chi connectivity index (χ2v) is 4.19. The second-order valence-electron chi connectivity index (χ2n) is 4.19. The lowest BCUT2D eigenvalue weighted by Gasteiger charge is -2.19. The van der Waals surface area contributed by atoms with E-state index in [1.54, 1.807) is 0 Å². The highest BCUT2D eigenvalue weighted by Gasteiger charge is 2.16. The van der Waals surface area contributed by atoms with Crippen LogP contribution in [0.15, 0.2) is 47.7 Å². The first-order chi connectivity index (χ1) is 6.17. The molecular formula is C12H15N. The predicted octanol–water partition coefficient (Wildman–Crippen LogP) is 2.55. The van der Waals surface area contributed by atoms with Gasteiger partial charge >= 0.3 is 0 Å². The van der Waals surface area contributed by atoms with E-state index in [1.165, 1.54) is 11.1 Å². The van der Waals surface area contributed by atoms with Crippen LogP contribution < -0.4 is 5.32 Å². The molecule has 0 spiro atoms. The summed E-state index contributed by atoms with van der Waals surface area (Å²) in [4.78, 5) is 0. The number of hydrogen-bond acceptors (Lipinski definition) is 1. The molecule has 0 aromatic rings. The number of allylic oxidation sites excluding steroid dienone is 5. The molecule has 0 aromatic heterocycles. The van der Waals surface area contributed by atoms with E-state index < -0.39 is 0 Å². The molecule has 1 nitrogen and oxygen atoms in total. The minimum atomic E-state index is 0.181. The van der Waals surface area contributed by atoms with Crippen molar-refractivity contribution in [3.05, 3.63) is 47.7 Å². The SMILES string of the molecule is CC1(C)C=CC=C2C=CNCC2=C1. The highest BCUT2D eigenvalue weighted by Crippen LogP contribution is 2.28. The Morgan fingerprint density at radius 1 is 1.38 bits per heavy atom. The Morgan fingerprint density at radius 2 is 2.23 bits per heavy atom. The zero-order chi connectivity index (χ0) is 9.31. The van der Waals surface area contributed by atoms with Gasteiger partial charge in [0.25, 0.3) is 0 Å². The molecule has 13 heavy (non-hydrogen) atoms. The molecule has 1 heteroatoms. The molecule has 1 aliphatic heterocycles. The molecule has 0 radical (unpaired) electrons. The molecule has 1 aliphatic carbocycles. The van der Waals surface area contributed by atoms with Gasteiger partial charge in [-0.15, -0.1) is 0 Å². The van der Waals surface area contributed by atoms with Crippen LogP contribution in [0.1, 0.15) is 13.8 Å². The van der Waals surface area contributed by atoms with Crippen molar-refractivity contribution in [2.45, 2.75) is 13.8 Å². The standard InChI is InChI=1S/C12H15N/c1-12(2)6-3-4-10-5-7-13-9-11(10)8-12/h3-8,13H,9H2,1-2H3. The lowest BCUT2D eigenvalue weighted by atomic mass is 9.89. The van der Waals surface area contributed by atoms with Gasteiger partial charge in [-0.05, 0) is 23.4 Å². The fraction of sp³-hybridized carbons (Fsp3) is 0.333. The second kappa shape index (κ2) is 2.91. The number of nitrogens with one attached hydrogen (secondary N) is 1. The van der Waals surface area contributed by atoms with E-state index in [9.17, 15) is 0 Å². The molecule has 0 unspecified atom stereocenters. The summed E-state index contributed by atoms with van der Waals surface area (Å²) < 4.78 is 0. The lowest BCUT2D eigenvalue weighted by Crippen LogP contribution is -2.17. The normalized spacial score (nSPS) is 23.8. The van der Waals surface area contributed by atoms with Crippen LogP contribution in [0, 0.1) is 5.41 Å². The van der Waals surface area contributed by atoms with Crippen LogP contribution in [0.5, 0.6) is 0 Å². The van der Waals surface area contributed by atoms with E-state index >= 15 is 0 Å². The van der Waals surface area contributed by atoms with Gasteiger partial charge in [0, 0.05) is 12.0 Å².